The molecule has 1 atom stereocenters. The molecule has 0 fully saturated rings. The van der Waals surface area contributed by atoms with Gasteiger partial charge in [0.1, 0.15) is 5.60 Å². The summed E-state index contributed by atoms with van der Waals surface area (Å²) in [6.07, 6.45) is -0.661. The predicted molar refractivity (Wildman–Crippen MR) is 116 cm³/mol. The minimum atomic E-state index is -1.67. The first-order valence-corrected chi connectivity index (χ1v) is 10.4. The minimum absolute atomic E-state index is 0.0698. The number of nitrogens with one attached hydrogen (secondary N) is 1. The standard InChI is InChI=1S/C22H32N2O8/c1-7-30-18(25)22(6,19(26)31-8-2)14-16(23-20(27)32-21(3,4)5)13-15-9-11-17(12-10-15)24(28)29/h9-12,16H,7-8,13-14H2,1-6H3,(H,23,27)/t16-/m0/s1. The topological polar surface area (TPSA) is 134 Å². The summed E-state index contributed by atoms with van der Waals surface area (Å²) in [7, 11) is 0. The highest BCUT2D eigenvalue weighted by molar-refractivity contribution is 5.99. The van der Waals surface area contributed by atoms with E-state index in [0.29, 0.717) is 5.56 Å². The van der Waals surface area contributed by atoms with E-state index >= 15 is 0 Å². The molecular weight excluding hydrogens is 420 g/mol. The van der Waals surface area contributed by atoms with Gasteiger partial charge in [0.15, 0.2) is 5.41 Å². The number of nitrogens with zero attached hydrogens (tertiary/aromatic N) is 1. The van der Waals surface area contributed by atoms with Gasteiger partial charge >= 0.3 is 18.0 Å². The molecule has 1 rings (SSSR count). The Hall–Kier alpha value is -3.17. The molecule has 0 unspecified atom stereocenters. The molecular formula is C22H32N2O8. The van der Waals surface area contributed by atoms with Crippen LogP contribution in [0.3, 0.4) is 0 Å². The number of nitro groups is 1. The first-order valence-electron chi connectivity index (χ1n) is 10.4. The maximum Gasteiger partial charge on any atom is 0.407 e. The third-order valence-electron chi connectivity index (χ3n) is 4.46. The molecule has 178 valence electrons. The van der Waals surface area contributed by atoms with Crippen molar-refractivity contribution in [2.75, 3.05) is 13.2 Å². The number of benzene rings is 1. The highest BCUT2D eigenvalue weighted by Gasteiger charge is 2.46. The van der Waals surface area contributed by atoms with Gasteiger partial charge in [0, 0.05) is 18.2 Å². The second kappa shape index (κ2) is 11.4. The first-order chi connectivity index (χ1) is 14.8. The largest absolute Gasteiger partial charge is 0.465 e. The van der Waals surface area contributed by atoms with Crippen LogP contribution in [0.2, 0.25) is 0 Å². The van der Waals surface area contributed by atoms with Crippen LogP contribution in [-0.2, 0) is 30.2 Å². The number of alkyl carbamates (subject to hydrolysis) is 1. The van der Waals surface area contributed by atoms with E-state index in [1.165, 1.54) is 19.1 Å². The molecule has 0 aliphatic carbocycles. The summed E-state index contributed by atoms with van der Waals surface area (Å²) in [6.45, 7) is 9.91. The van der Waals surface area contributed by atoms with Gasteiger partial charge in [0.25, 0.3) is 5.69 Å². The number of ether oxygens (including phenoxy) is 3. The molecule has 32 heavy (non-hydrogen) atoms. The van der Waals surface area contributed by atoms with Crippen molar-refractivity contribution in [2.24, 2.45) is 5.41 Å². The first kappa shape index (κ1) is 26.9. The maximum absolute atomic E-state index is 12.7. The van der Waals surface area contributed by atoms with E-state index in [9.17, 15) is 24.5 Å². The number of nitro benzene ring substituents is 1. The number of hydrogen-bond acceptors (Lipinski definition) is 8. The Morgan fingerprint density at radius 3 is 1.91 bits per heavy atom. The van der Waals surface area contributed by atoms with Crippen LogP contribution in [0, 0.1) is 15.5 Å². The van der Waals surface area contributed by atoms with Crippen molar-refractivity contribution in [1.82, 2.24) is 5.32 Å². The highest BCUT2D eigenvalue weighted by Crippen LogP contribution is 2.29. The summed E-state index contributed by atoms with van der Waals surface area (Å²) in [6, 6.07) is 5.05. The fraction of sp³-hybridized carbons (Fsp3) is 0.591. The number of rotatable bonds is 10. The zero-order valence-electron chi connectivity index (χ0n) is 19.4. The molecule has 0 saturated carbocycles. The second-order valence-electron chi connectivity index (χ2n) is 8.45. The van der Waals surface area contributed by atoms with Gasteiger partial charge in [-0.25, -0.2) is 4.79 Å². The van der Waals surface area contributed by atoms with Gasteiger partial charge in [-0.3, -0.25) is 19.7 Å². The van der Waals surface area contributed by atoms with Crippen LogP contribution in [0.4, 0.5) is 10.5 Å². The Morgan fingerprint density at radius 1 is 1.00 bits per heavy atom. The summed E-state index contributed by atoms with van der Waals surface area (Å²) in [5.41, 5.74) is -1.85. The number of esters is 2. The van der Waals surface area contributed by atoms with Crippen molar-refractivity contribution < 1.29 is 33.5 Å². The Balaban J connectivity index is 3.22. The third kappa shape index (κ3) is 8.16. The molecule has 0 saturated heterocycles. The van der Waals surface area contributed by atoms with Gasteiger partial charge in [-0.2, -0.15) is 0 Å². The lowest BCUT2D eigenvalue weighted by atomic mass is 9.81. The van der Waals surface area contributed by atoms with Crippen LogP contribution >= 0.6 is 0 Å². The number of hydrogen-bond donors (Lipinski definition) is 1. The van der Waals surface area contributed by atoms with Gasteiger partial charge in [-0.1, -0.05) is 12.1 Å². The van der Waals surface area contributed by atoms with Crippen molar-refractivity contribution in [2.45, 2.75) is 66.0 Å². The van der Waals surface area contributed by atoms with E-state index < -0.39 is 40.0 Å². The quantitative estimate of drug-likeness (QED) is 0.187. The Bertz CT molecular complexity index is 796. The van der Waals surface area contributed by atoms with Crippen molar-refractivity contribution in [3.8, 4) is 0 Å². The van der Waals surface area contributed by atoms with Crippen LogP contribution in [0.1, 0.15) is 53.5 Å². The van der Waals surface area contributed by atoms with Crippen molar-refractivity contribution >= 4 is 23.7 Å². The fourth-order valence-electron chi connectivity index (χ4n) is 3.01. The number of carbonyl (C=O) groups is 3. The van der Waals surface area contributed by atoms with Crippen LogP contribution in [0.25, 0.3) is 0 Å². The Kier molecular flexibility index (Phi) is 9.61. The predicted octanol–water partition coefficient (Wildman–Crippen LogP) is 3.55. The van der Waals surface area contributed by atoms with E-state index in [4.69, 9.17) is 14.2 Å². The molecule has 1 aromatic carbocycles. The molecule has 0 aliphatic rings. The zero-order chi connectivity index (χ0) is 24.5. The lowest BCUT2D eigenvalue weighted by molar-refractivity contribution is -0.384. The lowest BCUT2D eigenvalue weighted by Crippen LogP contribution is -2.48. The molecule has 10 heteroatoms. The van der Waals surface area contributed by atoms with Crippen molar-refractivity contribution in [1.29, 1.82) is 0 Å². The van der Waals surface area contributed by atoms with Crippen molar-refractivity contribution in [3.63, 3.8) is 0 Å². The van der Waals surface area contributed by atoms with Gasteiger partial charge in [-0.15, -0.1) is 0 Å². The summed E-state index contributed by atoms with van der Waals surface area (Å²) in [5.74, 6) is -1.53. The average molecular weight is 453 g/mol. The maximum atomic E-state index is 12.7. The zero-order valence-corrected chi connectivity index (χ0v) is 19.4. The normalized spacial score (nSPS) is 12.4. The van der Waals surface area contributed by atoms with Crippen LogP contribution in [-0.4, -0.2) is 47.8 Å². The molecule has 0 radical (unpaired) electrons. The molecule has 10 nitrogen and oxygen atoms in total. The van der Waals surface area contributed by atoms with E-state index in [2.05, 4.69) is 5.32 Å². The van der Waals surface area contributed by atoms with Crippen LogP contribution < -0.4 is 5.32 Å². The molecule has 0 heterocycles. The number of amides is 1. The summed E-state index contributed by atoms with van der Waals surface area (Å²) in [5, 5.41) is 13.6. The molecule has 0 aromatic heterocycles. The van der Waals surface area contributed by atoms with E-state index in [0.717, 1.165) is 0 Å². The summed E-state index contributed by atoms with van der Waals surface area (Å²) in [4.78, 5) is 48.1. The van der Waals surface area contributed by atoms with Crippen LogP contribution in [0.15, 0.2) is 24.3 Å². The molecule has 0 aliphatic heterocycles. The number of non-ortho nitro benzene ring substituents is 1. The summed E-state index contributed by atoms with van der Waals surface area (Å²) < 4.78 is 15.5. The molecule has 1 N–H and O–H groups in total. The smallest absolute Gasteiger partial charge is 0.407 e. The van der Waals surface area contributed by atoms with E-state index in [1.54, 1.807) is 46.8 Å². The number of carbonyl (C=O) groups excluding carboxylic acids is 3. The average Bonchev–Trinajstić information content (AvgIpc) is 2.67. The summed E-state index contributed by atoms with van der Waals surface area (Å²) >= 11 is 0. The van der Waals surface area contributed by atoms with Crippen molar-refractivity contribution in [3.05, 3.63) is 39.9 Å². The lowest BCUT2D eigenvalue weighted by Gasteiger charge is -2.30. The monoisotopic (exact) mass is 452 g/mol. The van der Waals surface area contributed by atoms with Gasteiger partial charge in [0.05, 0.1) is 18.1 Å². The van der Waals surface area contributed by atoms with Crippen LogP contribution in [0.5, 0.6) is 0 Å². The second-order valence-corrected chi connectivity index (χ2v) is 8.45. The van der Waals surface area contributed by atoms with Gasteiger partial charge in [-0.05, 0) is 59.9 Å². The SMILES string of the molecule is CCOC(=O)C(C)(C[C@H](Cc1ccc([N+](=O)[O-])cc1)NC(=O)OC(C)(C)C)C(=O)OCC. The Morgan fingerprint density at radius 2 is 1.50 bits per heavy atom. The minimum Gasteiger partial charge on any atom is -0.465 e. The van der Waals surface area contributed by atoms with Gasteiger partial charge in [0.2, 0.25) is 0 Å². The molecule has 1 aromatic rings. The molecule has 0 bridgehead atoms. The van der Waals surface area contributed by atoms with E-state index in [1.807, 2.05) is 0 Å². The third-order valence-corrected chi connectivity index (χ3v) is 4.46. The van der Waals surface area contributed by atoms with Gasteiger partial charge < -0.3 is 19.5 Å². The molecule has 1 amide bonds. The Labute approximate surface area is 187 Å². The highest BCUT2D eigenvalue weighted by atomic mass is 16.6. The van der Waals surface area contributed by atoms with E-state index in [-0.39, 0.29) is 31.7 Å². The molecule has 0 spiro atoms. The fourth-order valence-corrected chi connectivity index (χ4v) is 3.01.